The second-order valence-electron chi connectivity index (χ2n) is 2.94. The summed E-state index contributed by atoms with van der Waals surface area (Å²) in [6.45, 7) is 0.105. The van der Waals surface area contributed by atoms with E-state index in [1.165, 1.54) is 21.3 Å². The first-order valence-electron chi connectivity index (χ1n) is 4.60. The molecule has 0 bridgehead atoms. The maximum atomic E-state index is 11.3. The zero-order chi connectivity index (χ0) is 12.0. The van der Waals surface area contributed by atoms with Crippen LogP contribution in [0.4, 0.5) is 0 Å². The van der Waals surface area contributed by atoms with Crippen LogP contribution in [0.3, 0.4) is 0 Å². The molecule has 0 atom stereocenters. The molecule has 1 rings (SSSR count). The van der Waals surface area contributed by atoms with E-state index >= 15 is 0 Å². The molecule has 16 heavy (non-hydrogen) atoms. The lowest BCUT2D eigenvalue weighted by Crippen LogP contribution is -2.04. The van der Waals surface area contributed by atoms with E-state index in [0.717, 1.165) is 0 Å². The van der Waals surface area contributed by atoms with E-state index in [2.05, 4.69) is 4.74 Å². The van der Waals surface area contributed by atoms with Crippen molar-refractivity contribution in [3.63, 3.8) is 0 Å². The maximum absolute atomic E-state index is 11.3. The summed E-state index contributed by atoms with van der Waals surface area (Å²) in [5.74, 6) is 0.566. The smallest absolute Gasteiger partial charge is 0.338 e. The van der Waals surface area contributed by atoms with Gasteiger partial charge in [0.1, 0.15) is 11.5 Å². The van der Waals surface area contributed by atoms with Gasteiger partial charge in [-0.3, -0.25) is 0 Å². The molecule has 0 heterocycles. The molecule has 0 amide bonds. The predicted octanol–water partition coefficient (Wildman–Crippen LogP) is 1.46. The quantitative estimate of drug-likeness (QED) is 0.562. The van der Waals surface area contributed by atoms with Crippen LogP contribution in [0.1, 0.15) is 10.4 Å². The number of ether oxygens (including phenoxy) is 4. The van der Waals surface area contributed by atoms with Crippen molar-refractivity contribution in [1.82, 2.24) is 0 Å². The van der Waals surface area contributed by atoms with E-state index in [-0.39, 0.29) is 6.79 Å². The van der Waals surface area contributed by atoms with Gasteiger partial charge >= 0.3 is 5.97 Å². The van der Waals surface area contributed by atoms with Gasteiger partial charge in [-0.2, -0.15) is 0 Å². The molecule has 0 aromatic heterocycles. The molecule has 0 aliphatic rings. The van der Waals surface area contributed by atoms with E-state index in [4.69, 9.17) is 14.2 Å². The van der Waals surface area contributed by atoms with Crippen molar-refractivity contribution in [2.24, 2.45) is 0 Å². The standard InChI is InChI=1S/C11H14O5/c1-13-7-16-10-5-8(11(12)15-3)4-9(6-10)14-2/h4-6H,7H2,1-3H3. The molecule has 0 saturated carbocycles. The normalized spacial score (nSPS) is 9.69. The average molecular weight is 226 g/mol. The molecule has 1 aromatic rings. The van der Waals surface area contributed by atoms with Crippen LogP contribution in [-0.2, 0) is 9.47 Å². The lowest BCUT2D eigenvalue weighted by Gasteiger charge is -2.08. The zero-order valence-electron chi connectivity index (χ0n) is 9.48. The van der Waals surface area contributed by atoms with Crippen molar-refractivity contribution in [3.05, 3.63) is 23.8 Å². The largest absolute Gasteiger partial charge is 0.497 e. The number of carbonyl (C=O) groups excluding carboxylic acids is 1. The van der Waals surface area contributed by atoms with Crippen molar-refractivity contribution in [2.45, 2.75) is 0 Å². The summed E-state index contributed by atoms with van der Waals surface area (Å²) in [6.07, 6.45) is 0. The van der Waals surface area contributed by atoms with Crippen molar-refractivity contribution in [2.75, 3.05) is 28.1 Å². The van der Waals surface area contributed by atoms with Crippen molar-refractivity contribution in [3.8, 4) is 11.5 Å². The van der Waals surface area contributed by atoms with Gasteiger partial charge in [-0.1, -0.05) is 0 Å². The third-order valence-corrected chi connectivity index (χ3v) is 1.88. The monoisotopic (exact) mass is 226 g/mol. The van der Waals surface area contributed by atoms with E-state index in [9.17, 15) is 4.79 Å². The third kappa shape index (κ3) is 3.13. The summed E-state index contributed by atoms with van der Waals surface area (Å²) in [4.78, 5) is 11.3. The molecular weight excluding hydrogens is 212 g/mol. The first-order chi connectivity index (χ1) is 7.71. The minimum absolute atomic E-state index is 0.105. The third-order valence-electron chi connectivity index (χ3n) is 1.88. The number of esters is 1. The molecule has 0 aliphatic carbocycles. The molecule has 5 nitrogen and oxygen atoms in total. The fourth-order valence-electron chi connectivity index (χ4n) is 1.14. The fraction of sp³-hybridized carbons (Fsp3) is 0.364. The second kappa shape index (κ2) is 5.97. The minimum atomic E-state index is -0.443. The van der Waals surface area contributed by atoms with Crippen LogP contribution in [0.15, 0.2) is 18.2 Å². The van der Waals surface area contributed by atoms with Crippen LogP contribution in [0, 0.1) is 0 Å². The maximum Gasteiger partial charge on any atom is 0.338 e. The fourth-order valence-corrected chi connectivity index (χ4v) is 1.14. The summed E-state index contributed by atoms with van der Waals surface area (Å²) < 4.78 is 19.6. The van der Waals surface area contributed by atoms with Gasteiger partial charge < -0.3 is 18.9 Å². The van der Waals surface area contributed by atoms with Gasteiger partial charge in [0.05, 0.1) is 19.8 Å². The first kappa shape index (κ1) is 12.3. The van der Waals surface area contributed by atoms with Crippen LogP contribution in [0.25, 0.3) is 0 Å². The Morgan fingerprint density at radius 2 is 1.81 bits per heavy atom. The molecule has 0 spiro atoms. The van der Waals surface area contributed by atoms with Crippen LogP contribution >= 0.6 is 0 Å². The Balaban J connectivity index is 2.96. The number of benzene rings is 1. The highest BCUT2D eigenvalue weighted by molar-refractivity contribution is 5.90. The average Bonchev–Trinajstić information content (AvgIpc) is 2.34. The van der Waals surface area contributed by atoms with Crippen LogP contribution < -0.4 is 9.47 Å². The van der Waals surface area contributed by atoms with Gasteiger partial charge in [-0.05, 0) is 12.1 Å². The second-order valence-corrected chi connectivity index (χ2v) is 2.94. The van der Waals surface area contributed by atoms with Crippen molar-refractivity contribution in [1.29, 1.82) is 0 Å². The van der Waals surface area contributed by atoms with E-state index in [1.807, 2.05) is 0 Å². The van der Waals surface area contributed by atoms with Gasteiger partial charge in [0, 0.05) is 13.2 Å². The molecule has 88 valence electrons. The number of hydrogen-bond donors (Lipinski definition) is 0. The summed E-state index contributed by atoms with van der Waals surface area (Å²) in [6, 6.07) is 4.80. The Kier molecular flexibility index (Phi) is 4.60. The van der Waals surface area contributed by atoms with E-state index < -0.39 is 5.97 Å². The predicted molar refractivity (Wildman–Crippen MR) is 56.8 cm³/mol. The van der Waals surface area contributed by atoms with Gasteiger partial charge in [0.25, 0.3) is 0 Å². The van der Waals surface area contributed by atoms with Crippen LogP contribution in [0.2, 0.25) is 0 Å². The highest BCUT2D eigenvalue weighted by atomic mass is 16.7. The van der Waals surface area contributed by atoms with Crippen LogP contribution in [-0.4, -0.2) is 34.1 Å². The summed E-state index contributed by atoms with van der Waals surface area (Å²) >= 11 is 0. The first-order valence-corrected chi connectivity index (χ1v) is 4.60. The Hall–Kier alpha value is -1.75. The summed E-state index contributed by atoms with van der Waals surface area (Å²) in [7, 11) is 4.34. The lowest BCUT2D eigenvalue weighted by atomic mass is 10.2. The van der Waals surface area contributed by atoms with Gasteiger partial charge in [-0.25, -0.2) is 4.79 Å². The topological polar surface area (TPSA) is 54.0 Å². The number of carbonyl (C=O) groups is 1. The van der Waals surface area contributed by atoms with Gasteiger partial charge in [0.15, 0.2) is 6.79 Å². The summed E-state index contributed by atoms with van der Waals surface area (Å²) in [5, 5.41) is 0. The van der Waals surface area contributed by atoms with E-state index in [1.54, 1.807) is 18.2 Å². The van der Waals surface area contributed by atoms with Crippen LogP contribution in [0.5, 0.6) is 11.5 Å². The molecule has 0 radical (unpaired) electrons. The molecule has 0 unspecified atom stereocenters. The molecule has 5 heteroatoms. The molecular formula is C11H14O5. The number of rotatable bonds is 5. The Labute approximate surface area is 93.9 Å². The van der Waals surface area contributed by atoms with Crippen molar-refractivity contribution >= 4 is 5.97 Å². The van der Waals surface area contributed by atoms with Gasteiger partial charge in [-0.15, -0.1) is 0 Å². The minimum Gasteiger partial charge on any atom is -0.497 e. The molecule has 1 aromatic carbocycles. The zero-order valence-corrected chi connectivity index (χ0v) is 9.48. The molecule has 0 N–H and O–H groups in total. The number of hydrogen-bond acceptors (Lipinski definition) is 5. The highest BCUT2D eigenvalue weighted by Crippen LogP contribution is 2.23. The number of methoxy groups -OCH3 is 3. The van der Waals surface area contributed by atoms with Gasteiger partial charge in [0.2, 0.25) is 0 Å². The Morgan fingerprint density at radius 1 is 1.12 bits per heavy atom. The van der Waals surface area contributed by atoms with E-state index in [0.29, 0.717) is 17.1 Å². The lowest BCUT2D eigenvalue weighted by molar-refractivity contribution is 0.0502. The molecule has 0 aliphatic heterocycles. The summed E-state index contributed by atoms with van der Waals surface area (Å²) in [5.41, 5.74) is 0.368. The van der Waals surface area contributed by atoms with Crippen molar-refractivity contribution < 1.29 is 23.7 Å². The highest BCUT2D eigenvalue weighted by Gasteiger charge is 2.09. The molecule has 0 fully saturated rings. The molecule has 0 saturated heterocycles. The Bertz CT molecular complexity index is 361. The Morgan fingerprint density at radius 3 is 2.38 bits per heavy atom. The SMILES string of the molecule is COCOc1cc(OC)cc(C(=O)OC)c1.